The summed E-state index contributed by atoms with van der Waals surface area (Å²) in [7, 11) is 0. The summed E-state index contributed by atoms with van der Waals surface area (Å²) in [6.45, 7) is 3.64. The van der Waals surface area contributed by atoms with Gasteiger partial charge in [0, 0.05) is 11.6 Å². The summed E-state index contributed by atoms with van der Waals surface area (Å²) >= 11 is 6.00. The van der Waals surface area contributed by atoms with Crippen LogP contribution in [0.2, 0.25) is 0 Å². The largest absolute Gasteiger partial charge is 0.462 e. The van der Waals surface area contributed by atoms with E-state index in [2.05, 4.69) is 0 Å². The molecule has 2 nitrogen and oxygen atoms in total. The Morgan fingerprint density at radius 2 is 1.78 bits per heavy atom. The van der Waals surface area contributed by atoms with E-state index in [4.69, 9.17) is 16.3 Å². The molecular formula is C18H15ClF2O2. The Balaban J connectivity index is 2.32. The van der Waals surface area contributed by atoms with Gasteiger partial charge < -0.3 is 4.74 Å². The number of allylic oxidation sites excluding steroid dienone is 1. The van der Waals surface area contributed by atoms with E-state index in [1.165, 1.54) is 12.1 Å². The summed E-state index contributed by atoms with van der Waals surface area (Å²) in [4.78, 5) is 11.6. The van der Waals surface area contributed by atoms with Crippen LogP contribution in [0.25, 0.3) is 16.7 Å². The molecule has 0 amide bonds. The molecule has 2 aromatic rings. The Morgan fingerprint density at radius 3 is 2.35 bits per heavy atom. The monoisotopic (exact) mass is 336 g/mol. The fourth-order valence-electron chi connectivity index (χ4n) is 2.10. The summed E-state index contributed by atoms with van der Waals surface area (Å²) < 4.78 is 31.6. The maximum Gasteiger partial charge on any atom is 0.350 e. The van der Waals surface area contributed by atoms with E-state index in [-0.39, 0.29) is 11.6 Å². The molecule has 0 aliphatic carbocycles. The third kappa shape index (κ3) is 3.96. The lowest BCUT2D eigenvalue weighted by Crippen LogP contribution is -2.05. The van der Waals surface area contributed by atoms with Crippen LogP contribution in [0.4, 0.5) is 8.78 Å². The van der Waals surface area contributed by atoms with Gasteiger partial charge in [-0.15, -0.1) is 0 Å². The molecule has 0 atom stereocenters. The Kier molecular flexibility index (Phi) is 5.50. The summed E-state index contributed by atoms with van der Waals surface area (Å²) in [6.07, 6.45) is 0. The maximum absolute atomic E-state index is 13.8. The SMILES string of the molecule is CCOC(=O)/C(Cl)=C(/C)c1ccc(-c2ccc(F)cc2F)cc1. The van der Waals surface area contributed by atoms with Crippen molar-refractivity contribution in [1.82, 2.24) is 0 Å². The van der Waals surface area contributed by atoms with E-state index < -0.39 is 17.6 Å². The highest BCUT2D eigenvalue weighted by atomic mass is 35.5. The van der Waals surface area contributed by atoms with Gasteiger partial charge in [-0.25, -0.2) is 13.6 Å². The van der Waals surface area contributed by atoms with Gasteiger partial charge in [0.05, 0.1) is 6.61 Å². The molecule has 120 valence electrons. The zero-order chi connectivity index (χ0) is 17.0. The average molecular weight is 337 g/mol. The fourth-order valence-corrected chi connectivity index (χ4v) is 2.26. The van der Waals surface area contributed by atoms with Crippen LogP contribution in [0.15, 0.2) is 47.5 Å². The molecule has 2 aromatic carbocycles. The molecule has 0 bridgehead atoms. The van der Waals surface area contributed by atoms with Gasteiger partial charge in [-0.3, -0.25) is 0 Å². The zero-order valence-corrected chi connectivity index (χ0v) is 13.5. The first-order chi connectivity index (χ1) is 10.9. The van der Waals surface area contributed by atoms with Crippen LogP contribution in [0.3, 0.4) is 0 Å². The van der Waals surface area contributed by atoms with Crippen LogP contribution in [0.1, 0.15) is 19.4 Å². The molecule has 0 fully saturated rings. The normalized spacial score (nSPS) is 11.9. The molecule has 5 heteroatoms. The second-order valence-electron chi connectivity index (χ2n) is 4.86. The second-order valence-corrected chi connectivity index (χ2v) is 5.24. The van der Waals surface area contributed by atoms with Gasteiger partial charge in [0.25, 0.3) is 0 Å². The maximum atomic E-state index is 13.8. The Labute approximate surface area is 138 Å². The number of esters is 1. The number of ether oxygens (including phenoxy) is 1. The topological polar surface area (TPSA) is 26.3 Å². The van der Waals surface area contributed by atoms with E-state index in [9.17, 15) is 13.6 Å². The molecule has 0 aliphatic heterocycles. The minimum atomic E-state index is -0.630. The third-order valence-corrected chi connectivity index (χ3v) is 3.78. The van der Waals surface area contributed by atoms with Gasteiger partial charge in [-0.1, -0.05) is 35.9 Å². The summed E-state index contributed by atoms with van der Waals surface area (Å²) in [5.41, 5.74) is 2.19. The van der Waals surface area contributed by atoms with Crippen molar-refractivity contribution in [3.8, 4) is 11.1 Å². The molecule has 0 saturated carbocycles. The van der Waals surface area contributed by atoms with E-state index in [1.54, 1.807) is 38.1 Å². The first-order valence-corrected chi connectivity index (χ1v) is 7.41. The Bertz CT molecular complexity index is 752. The number of carbonyl (C=O) groups is 1. The number of benzene rings is 2. The molecule has 0 heterocycles. The Morgan fingerprint density at radius 1 is 1.13 bits per heavy atom. The quantitative estimate of drug-likeness (QED) is 0.569. The lowest BCUT2D eigenvalue weighted by atomic mass is 10.0. The first-order valence-electron chi connectivity index (χ1n) is 7.03. The number of halogens is 3. The standard InChI is InChI=1S/C18H15ClF2O2/c1-3-23-18(22)17(19)11(2)12-4-6-13(7-5-12)15-9-8-14(20)10-16(15)21/h4-10H,3H2,1-2H3/b17-11+. The second kappa shape index (κ2) is 7.38. The van der Waals surface area contributed by atoms with Gasteiger partial charge in [0.1, 0.15) is 16.7 Å². The van der Waals surface area contributed by atoms with Crippen molar-refractivity contribution >= 4 is 23.1 Å². The van der Waals surface area contributed by atoms with Crippen molar-refractivity contribution in [1.29, 1.82) is 0 Å². The first kappa shape index (κ1) is 17.2. The van der Waals surface area contributed by atoms with Gasteiger partial charge in [-0.05, 0) is 42.7 Å². The van der Waals surface area contributed by atoms with Crippen molar-refractivity contribution in [3.05, 3.63) is 64.7 Å². The van der Waals surface area contributed by atoms with Gasteiger partial charge in [-0.2, -0.15) is 0 Å². The fraction of sp³-hybridized carbons (Fsp3) is 0.167. The molecule has 23 heavy (non-hydrogen) atoms. The molecule has 0 spiro atoms. The van der Waals surface area contributed by atoms with Gasteiger partial charge in [0.2, 0.25) is 0 Å². The zero-order valence-electron chi connectivity index (χ0n) is 12.7. The Hall–Kier alpha value is -2.20. The highest BCUT2D eigenvalue weighted by Crippen LogP contribution is 2.27. The van der Waals surface area contributed by atoms with Crippen molar-refractivity contribution in [3.63, 3.8) is 0 Å². The summed E-state index contributed by atoms with van der Waals surface area (Å²) in [5, 5.41) is 0.00700. The highest BCUT2D eigenvalue weighted by molar-refractivity contribution is 6.44. The van der Waals surface area contributed by atoms with Crippen LogP contribution in [0, 0.1) is 11.6 Å². The minimum Gasteiger partial charge on any atom is -0.462 e. The summed E-state index contributed by atoms with van der Waals surface area (Å²) in [6, 6.07) is 10.2. The smallest absolute Gasteiger partial charge is 0.350 e. The minimum absolute atomic E-state index is 0.00700. The molecular weight excluding hydrogens is 322 g/mol. The van der Waals surface area contributed by atoms with Crippen LogP contribution in [0.5, 0.6) is 0 Å². The number of hydrogen-bond donors (Lipinski definition) is 0. The molecule has 0 N–H and O–H groups in total. The van der Waals surface area contributed by atoms with Gasteiger partial charge in [0.15, 0.2) is 0 Å². The van der Waals surface area contributed by atoms with Gasteiger partial charge >= 0.3 is 5.97 Å². The summed E-state index contributed by atoms with van der Waals surface area (Å²) in [5.74, 6) is -1.84. The van der Waals surface area contributed by atoms with E-state index >= 15 is 0 Å². The predicted molar refractivity (Wildman–Crippen MR) is 86.9 cm³/mol. The van der Waals surface area contributed by atoms with Crippen LogP contribution >= 0.6 is 11.6 Å². The lowest BCUT2D eigenvalue weighted by molar-refractivity contribution is -0.137. The predicted octanol–water partition coefficient (Wildman–Crippen LogP) is 5.16. The molecule has 2 rings (SSSR count). The number of carbonyl (C=O) groups excluding carboxylic acids is 1. The average Bonchev–Trinajstić information content (AvgIpc) is 2.54. The lowest BCUT2D eigenvalue weighted by Gasteiger charge is -2.08. The van der Waals surface area contributed by atoms with E-state index in [0.29, 0.717) is 22.3 Å². The van der Waals surface area contributed by atoms with Crippen molar-refractivity contribution < 1.29 is 18.3 Å². The molecule has 0 aromatic heterocycles. The molecule has 0 aliphatic rings. The highest BCUT2D eigenvalue weighted by Gasteiger charge is 2.13. The number of rotatable bonds is 4. The molecule has 0 saturated heterocycles. The van der Waals surface area contributed by atoms with Crippen LogP contribution in [-0.2, 0) is 9.53 Å². The third-order valence-electron chi connectivity index (χ3n) is 3.34. The van der Waals surface area contributed by atoms with Crippen molar-refractivity contribution in [2.24, 2.45) is 0 Å². The van der Waals surface area contributed by atoms with E-state index in [1.807, 2.05) is 0 Å². The van der Waals surface area contributed by atoms with Crippen LogP contribution < -0.4 is 0 Å². The van der Waals surface area contributed by atoms with Crippen molar-refractivity contribution in [2.75, 3.05) is 6.61 Å². The van der Waals surface area contributed by atoms with Crippen molar-refractivity contribution in [2.45, 2.75) is 13.8 Å². The van der Waals surface area contributed by atoms with E-state index in [0.717, 1.165) is 6.07 Å². The molecule has 0 unspecified atom stereocenters. The van der Waals surface area contributed by atoms with Crippen LogP contribution in [-0.4, -0.2) is 12.6 Å². The molecule has 0 radical (unpaired) electrons. The number of hydrogen-bond acceptors (Lipinski definition) is 2.